The van der Waals surface area contributed by atoms with E-state index in [-0.39, 0.29) is 35.5 Å². The van der Waals surface area contributed by atoms with E-state index in [0.29, 0.717) is 5.75 Å². The number of methoxy groups -OCH3 is 2. The molecule has 4 heteroatoms. The van der Waals surface area contributed by atoms with Crippen molar-refractivity contribution in [3.05, 3.63) is 30.7 Å². The van der Waals surface area contributed by atoms with Gasteiger partial charge in [-0.3, -0.25) is 0 Å². The third-order valence-electron chi connectivity index (χ3n) is 1.48. The van der Waals surface area contributed by atoms with Gasteiger partial charge in [0, 0.05) is 0 Å². The van der Waals surface area contributed by atoms with Gasteiger partial charge in [-0.2, -0.15) is 18.6 Å². The van der Waals surface area contributed by atoms with Gasteiger partial charge in [0.15, 0.2) is 0 Å². The predicted octanol–water partition coefficient (Wildman–Crippen LogP) is -1.49. The second-order valence-corrected chi connectivity index (χ2v) is 2.15. The SMILES string of the molecule is [CH2-]c1cccc(OC)c1OC.[Cl-].[Mg+2]. The molecule has 0 spiro atoms. The van der Waals surface area contributed by atoms with Crippen LogP contribution in [0.1, 0.15) is 5.56 Å². The summed E-state index contributed by atoms with van der Waals surface area (Å²) >= 11 is 0. The Morgan fingerprint density at radius 2 is 1.77 bits per heavy atom. The van der Waals surface area contributed by atoms with Crippen LogP contribution in [0.4, 0.5) is 0 Å². The summed E-state index contributed by atoms with van der Waals surface area (Å²) in [6.07, 6.45) is 0. The standard InChI is InChI=1S/C9H11O2.ClH.Mg/c1-7-5-4-6-8(10-2)9(7)11-3;;/h4-6H,1H2,2-3H3;1H;/q-1;;+2/p-1. The van der Waals surface area contributed by atoms with E-state index >= 15 is 0 Å². The van der Waals surface area contributed by atoms with E-state index in [1.54, 1.807) is 14.2 Å². The summed E-state index contributed by atoms with van der Waals surface area (Å²) in [5, 5.41) is 0. The molecule has 1 aromatic rings. The quantitative estimate of drug-likeness (QED) is 0.438. The van der Waals surface area contributed by atoms with Gasteiger partial charge >= 0.3 is 23.1 Å². The second kappa shape index (κ2) is 7.18. The van der Waals surface area contributed by atoms with E-state index in [9.17, 15) is 0 Å². The topological polar surface area (TPSA) is 18.5 Å². The minimum Gasteiger partial charge on any atom is -1.00 e. The molecule has 0 saturated carbocycles. The van der Waals surface area contributed by atoms with Gasteiger partial charge < -0.3 is 21.9 Å². The van der Waals surface area contributed by atoms with Crippen molar-refractivity contribution in [1.82, 2.24) is 0 Å². The van der Waals surface area contributed by atoms with Crippen LogP contribution in [0.25, 0.3) is 0 Å². The molecule has 0 aliphatic rings. The normalized spacial score (nSPS) is 7.85. The number of rotatable bonds is 2. The van der Waals surface area contributed by atoms with E-state index in [1.165, 1.54) is 0 Å². The molecule has 0 atom stereocenters. The van der Waals surface area contributed by atoms with Crippen molar-refractivity contribution >= 4 is 23.1 Å². The molecule has 0 bridgehead atoms. The molecule has 0 amide bonds. The third-order valence-corrected chi connectivity index (χ3v) is 1.48. The van der Waals surface area contributed by atoms with Crippen molar-refractivity contribution in [2.45, 2.75) is 0 Å². The van der Waals surface area contributed by atoms with Crippen molar-refractivity contribution in [3.63, 3.8) is 0 Å². The van der Waals surface area contributed by atoms with Crippen molar-refractivity contribution < 1.29 is 21.9 Å². The molecule has 0 unspecified atom stereocenters. The van der Waals surface area contributed by atoms with Gasteiger partial charge in [0.05, 0.1) is 20.0 Å². The van der Waals surface area contributed by atoms with Crippen LogP contribution in [0.2, 0.25) is 0 Å². The zero-order chi connectivity index (χ0) is 8.27. The Bertz CT molecular complexity index is 253. The average molecular weight is 211 g/mol. The number of hydrogen-bond acceptors (Lipinski definition) is 2. The van der Waals surface area contributed by atoms with E-state index < -0.39 is 0 Å². The number of hydrogen-bond donors (Lipinski definition) is 0. The Morgan fingerprint density at radius 1 is 1.15 bits per heavy atom. The molecule has 0 fully saturated rings. The zero-order valence-electron chi connectivity index (χ0n) is 7.84. The molecule has 1 rings (SSSR count). The maximum atomic E-state index is 5.08. The van der Waals surface area contributed by atoms with Crippen LogP contribution in [-0.2, 0) is 0 Å². The molecule has 2 nitrogen and oxygen atoms in total. The van der Waals surface area contributed by atoms with Gasteiger partial charge in [-0.25, -0.2) is 0 Å². The van der Waals surface area contributed by atoms with E-state index in [0.717, 1.165) is 11.3 Å². The Kier molecular flexibility index (Phi) is 8.41. The fourth-order valence-electron chi connectivity index (χ4n) is 0.954. The summed E-state index contributed by atoms with van der Waals surface area (Å²) in [5.74, 6) is 1.43. The summed E-state index contributed by atoms with van der Waals surface area (Å²) in [6, 6.07) is 5.60. The first-order valence-electron chi connectivity index (χ1n) is 3.32. The van der Waals surface area contributed by atoms with Crippen molar-refractivity contribution in [3.8, 4) is 11.5 Å². The molecule has 0 saturated heterocycles. The van der Waals surface area contributed by atoms with Crippen LogP contribution in [0.3, 0.4) is 0 Å². The van der Waals surface area contributed by atoms with Crippen molar-refractivity contribution in [2.24, 2.45) is 0 Å². The summed E-state index contributed by atoms with van der Waals surface area (Å²) in [7, 11) is 3.21. The Hall–Kier alpha value is -0.254. The molecule has 0 radical (unpaired) electrons. The largest absolute Gasteiger partial charge is 2.00 e. The summed E-state index contributed by atoms with van der Waals surface area (Å²) in [5.41, 5.74) is 0.840. The van der Waals surface area contributed by atoms with Crippen LogP contribution >= 0.6 is 0 Å². The maximum Gasteiger partial charge on any atom is 2.00 e. The van der Waals surface area contributed by atoms with Gasteiger partial charge in [-0.05, 0) is 6.07 Å². The molecule has 0 N–H and O–H groups in total. The second-order valence-electron chi connectivity index (χ2n) is 2.15. The molecule has 1 aromatic carbocycles. The van der Waals surface area contributed by atoms with Gasteiger partial charge in [-0.15, -0.1) is 6.07 Å². The Labute approximate surface area is 101 Å². The van der Waals surface area contributed by atoms with Gasteiger partial charge in [0.1, 0.15) is 5.75 Å². The van der Waals surface area contributed by atoms with Crippen LogP contribution in [0.15, 0.2) is 18.2 Å². The molecule has 13 heavy (non-hydrogen) atoms. The van der Waals surface area contributed by atoms with Crippen LogP contribution in [0.5, 0.6) is 11.5 Å². The zero-order valence-corrected chi connectivity index (χ0v) is 10.0. The number of ether oxygens (including phenoxy) is 2. The Balaban J connectivity index is 0. The first-order chi connectivity index (χ1) is 5.29. The number of para-hydroxylation sites is 1. The first kappa shape index (κ1) is 15.2. The molecule has 0 aliphatic carbocycles. The third kappa shape index (κ3) is 3.54. The van der Waals surface area contributed by atoms with Crippen molar-refractivity contribution in [1.29, 1.82) is 0 Å². The van der Waals surface area contributed by atoms with Crippen LogP contribution < -0.4 is 21.9 Å². The minimum absolute atomic E-state index is 0. The maximum absolute atomic E-state index is 5.08. The average Bonchev–Trinajstić information content (AvgIpc) is 2.04. The fraction of sp³-hybridized carbons (Fsp3) is 0.222. The number of halogens is 1. The van der Waals surface area contributed by atoms with E-state index in [4.69, 9.17) is 9.47 Å². The predicted molar refractivity (Wildman–Crippen MR) is 49.8 cm³/mol. The molecular formula is C9H11ClMgO2. The van der Waals surface area contributed by atoms with Gasteiger partial charge in [-0.1, -0.05) is 0 Å². The smallest absolute Gasteiger partial charge is 1.00 e. The Morgan fingerprint density at radius 3 is 2.15 bits per heavy atom. The van der Waals surface area contributed by atoms with Gasteiger partial charge in [0.2, 0.25) is 0 Å². The van der Waals surface area contributed by atoms with E-state index in [2.05, 4.69) is 6.92 Å². The first-order valence-corrected chi connectivity index (χ1v) is 3.32. The summed E-state index contributed by atoms with van der Waals surface area (Å²) in [6.45, 7) is 3.79. The molecule has 0 aliphatic heterocycles. The van der Waals surface area contributed by atoms with Crippen LogP contribution in [0, 0.1) is 6.92 Å². The summed E-state index contributed by atoms with van der Waals surface area (Å²) in [4.78, 5) is 0. The van der Waals surface area contributed by atoms with E-state index in [1.807, 2.05) is 18.2 Å². The molecular weight excluding hydrogens is 200 g/mol. The van der Waals surface area contributed by atoms with Crippen LogP contribution in [-0.4, -0.2) is 37.3 Å². The summed E-state index contributed by atoms with van der Waals surface area (Å²) < 4.78 is 10.1. The number of benzene rings is 1. The molecule has 0 heterocycles. The molecule has 0 aromatic heterocycles. The molecule has 68 valence electrons. The fourth-order valence-corrected chi connectivity index (χ4v) is 0.954. The monoisotopic (exact) mass is 210 g/mol. The minimum atomic E-state index is 0. The van der Waals surface area contributed by atoms with Crippen molar-refractivity contribution in [2.75, 3.05) is 14.2 Å². The van der Waals surface area contributed by atoms with Gasteiger partial charge in [0.25, 0.3) is 0 Å².